The van der Waals surface area contributed by atoms with Crippen LogP contribution < -0.4 is 10.9 Å². The van der Waals surface area contributed by atoms with Gasteiger partial charge >= 0.3 is 0 Å². The number of carbonyl (C=O) groups is 1. The summed E-state index contributed by atoms with van der Waals surface area (Å²) in [7, 11) is 0. The molecule has 0 saturated heterocycles. The van der Waals surface area contributed by atoms with Crippen LogP contribution in [0.4, 0.5) is 11.4 Å². The maximum Gasteiger partial charge on any atom is 0.275 e. The Bertz CT molecular complexity index is 1330. The number of rotatable bonds is 3. The van der Waals surface area contributed by atoms with Crippen molar-refractivity contribution in [1.29, 1.82) is 0 Å². The zero-order chi connectivity index (χ0) is 19.8. The number of amides is 1. The molecule has 1 amide bonds. The molecule has 3 aromatic carbocycles. The second-order valence-electron chi connectivity index (χ2n) is 6.30. The lowest BCUT2D eigenvalue weighted by atomic mass is 10.1. The number of H-pyrrole nitrogens is 1. The molecule has 0 saturated carbocycles. The highest BCUT2D eigenvalue weighted by molar-refractivity contribution is 5.97. The van der Waals surface area contributed by atoms with Gasteiger partial charge in [0.15, 0.2) is 0 Å². The first-order valence-electron chi connectivity index (χ1n) is 8.41. The molecule has 28 heavy (non-hydrogen) atoms. The summed E-state index contributed by atoms with van der Waals surface area (Å²) in [6.07, 6.45) is 0. The summed E-state index contributed by atoms with van der Waals surface area (Å²) in [5, 5.41) is 15.7. The third kappa shape index (κ3) is 3.07. The number of nitro benzene ring substituents is 1. The van der Waals surface area contributed by atoms with E-state index in [1.54, 1.807) is 0 Å². The molecule has 138 valence electrons. The Balaban J connectivity index is 1.99. The molecular formula is C20H14N4O4. The molecule has 0 fully saturated rings. The van der Waals surface area contributed by atoms with E-state index in [1.165, 1.54) is 25.1 Å². The maximum absolute atomic E-state index is 12.7. The van der Waals surface area contributed by atoms with Gasteiger partial charge in [0.2, 0.25) is 5.91 Å². The lowest BCUT2D eigenvalue weighted by Gasteiger charge is -2.10. The zero-order valence-electron chi connectivity index (χ0n) is 14.7. The van der Waals surface area contributed by atoms with Gasteiger partial charge in [0.1, 0.15) is 5.69 Å². The Morgan fingerprint density at radius 2 is 1.82 bits per heavy atom. The first-order chi connectivity index (χ1) is 13.4. The van der Waals surface area contributed by atoms with Crippen LogP contribution in [0.1, 0.15) is 6.92 Å². The van der Waals surface area contributed by atoms with Crippen LogP contribution >= 0.6 is 0 Å². The second-order valence-corrected chi connectivity index (χ2v) is 6.30. The van der Waals surface area contributed by atoms with E-state index in [2.05, 4.69) is 15.3 Å². The topological polar surface area (TPSA) is 118 Å². The van der Waals surface area contributed by atoms with E-state index >= 15 is 0 Å². The van der Waals surface area contributed by atoms with Crippen molar-refractivity contribution in [2.24, 2.45) is 0 Å². The summed E-state index contributed by atoms with van der Waals surface area (Å²) >= 11 is 0. The maximum atomic E-state index is 12.7. The zero-order valence-corrected chi connectivity index (χ0v) is 14.7. The number of hydrogen-bond donors (Lipinski definition) is 2. The van der Waals surface area contributed by atoms with Gasteiger partial charge < -0.3 is 10.3 Å². The molecule has 1 heterocycles. The SMILES string of the molecule is CC(=O)Nc1ccc([N+](=O)[O-])cc1-c1nc2cc3ccccc3cc2[nH]c1=O. The number of carbonyl (C=O) groups excluding carboxylic acids is 1. The van der Waals surface area contributed by atoms with Crippen LogP contribution in [-0.4, -0.2) is 20.8 Å². The van der Waals surface area contributed by atoms with Crippen LogP contribution in [0, 0.1) is 10.1 Å². The van der Waals surface area contributed by atoms with Gasteiger partial charge in [0, 0.05) is 24.6 Å². The molecule has 4 aromatic rings. The number of aromatic nitrogens is 2. The number of aromatic amines is 1. The second kappa shape index (κ2) is 6.58. The fraction of sp³-hybridized carbons (Fsp3) is 0.0500. The Labute approximate surface area is 158 Å². The monoisotopic (exact) mass is 374 g/mol. The molecule has 8 heteroatoms. The highest BCUT2D eigenvalue weighted by atomic mass is 16.6. The molecule has 0 aliphatic rings. The largest absolute Gasteiger partial charge is 0.326 e. The number of nitro groups is 1. The van der Waals surface area contributed by atoms with E-state index in [9.17, 15) is 19.7 Å². The third-order valence-electron chi connectivity index (χ3n) is 4.34. The molecule has 0 unspecified atom stereocenters. The van der Waals surface area contributed by atoms with Crippen molar-refractivity contribution in [1.82, 2.24) is 9.97 Å². The Kier molecular flexibility index (Phi) is 4.08. The molecule has 0 aliphatic carbocycles. The number of anilines is 1. The number of benzene rings is 3. The molecule has 0 spiro atoms. The van der Waals surface area contributed by atoms with Crippen molar-refractivity contribution in [2.75, 3.05) is 5.32 Å². The molecule has 0 bridgehead atoms. The lowest BCUT2D eigenvalue weighted by molar-refractivity contribution is -0.384. The van der Waals surface area contributed by atoms with E-state index in [0.29, 0.717) is 11.0 Å². The van der Waals surface area contributed by atoms with Gasteiger partial charge in [-0.1, -0.05) is 24.3 Å². The van der Waals surface area contributed by atoms with Crippen molar-refractivity contribution in [3.8, 4) is 11.3 Å². The summed E-state index contributed by atoms with van der Waals surface area (Å²) in [4.78, 5) is 42.0. The van der Waals surface area contributed by atoms with Gasteiger partial charge in [-0.15, -0.1) is 0 Å². The predicted molar refractivity (Wildman–Crippen MR) is 106 cm³/mol. The van der Waals surface area contributed by atoms with Crippen LogP contribution in [0.15, 0.2) is 59.4 Å². The predicted octanol–water partition coefficient (Wildman–Crippen LogP) is 3.61. The van der Waals surface area contributed by atoms with Gasteiger partial charge in [-0.25, -0.2) is 4.98 Å². The minimum Gasteiger partial charge on any atom is -0.326 e. The molecule has 0 radical (unpaired) electrons. The average Bonchev–Trinajstić information content (AvgIpc) is 2.66. The third-order valence-corrected chi connectivity index (χ3v) is 4.34. The number of fused-ring (bicyclic) bond motifs is 2. The Hall–Kier alpha value is -4.07. The van der Waals surface area contributed by atoms with Gasteiger partial charge in [-0.05, 0) is 29.0 Å². The summed E-state index contributed by atoms with van der Waals surface area (Å²) in [5.74, 6) is -0.363. The Morgan fingerprint density at radius 3 is 2.50 bits per heavy atom. The molecule has 4 rings (SSSR count). The highest BCUT2D eigenvalue weighted by Gasteiger charge is 2.18. The van der Waals surface area contributed by atoms with Gasteiger partial charge in [-0.2, -0.15) is 0 Å². The number of nitrogens with zero attached hydrogens (tertiary/aromatic N) is 2. The Morgan fingerprint density at radius 1 is 1.11 bits per heavy atom. The molecular weight excluding hydrogens is 360 g/mol. The fourth-order valence-corrected chi connectivity index (χ4v) is 3.10. The quantitative estimate of drug-likeness (QED) is 0.323. The van der Waals surface area contributed by atoms with Gasteiger partial charge in [0.25, 0.3) is 11.2 Å². The smallest absolute Gasteiger partial charge is 0.275 e. The minimum absolute atomic E-state index is 0.00442. The fourth-order valence-electron chi connectivity index (χ4n) is 3.10. The van der Waals surface area contributed by atoms with E-state index in [4.69, 9.17) is 0 Å². The average molecular weight is 374 g/mol. The van der Waals surface area contributed by atoms with Crippen LogP contribution in [0.3, 0.4) is 0 Å². The summed E-state index contributed by atoms with van der Waals surface area (Å²) < 4.78 is 0. The molecule has 2 N–H and O–H groups in total. The minimum atomic E-state index is -0.566. The lowest BCUT2D eigenvalue weighted by Crippen LogP contribution is -2.14. The van der Waals surface area contributed by atoms with E-state index in [-0.39, 0.29) is 28.5 Å². The van der Waals surface area contributed by atoms with E-state index in [1.807, 2.05) is 36.4 Å². The molecule has 0 aliphatic heterocycles. The first-order valence-corrected chi connectivity index (χ1v) is 8.41. The molecule has 0 atom stereocenters. The normalized spacial score (nSPS) is 10.9. The van der Waals surface area contributed by atoms with Crippen molar-refractivity contribution in [3.05, 3.63) is 75.1 Å². The standard InChI is InChI=1S/C20H14N4O4/c1-11(25)21-16-7-6-14(24(27)28)10-15(16)19-20(26)23-18-9-13-5-3-2-4-12(13)8-17(18)22-19/h2-10H,1H3,(H,21,25)(H,23,26). The number of non-ortho nitro benzene ring substituents is 1. The van der Waals surface area contributed by atoms with Gasteiger partial charge in [-0.3, -0.25) is 19.7 Å². The van der Waals surface area contributed by atoms with Crippen molar-refractivity contribution in [3.63, 3.8) is 0 Å². The van der Waals surface area contributed by atoms with Crippen LogP contribution in [-0.2, 0) is 4.79 Å². The van der Waals surface area contributed by atoms with Crippen LogP contribution in [0.5, 0.6) is 0 Å². The molecule has 1 aromatic heterocycles. The highest BCUT2D eigenvalue weighted by Crippen LogP contribution is 2.30. The summed E-state index contributed by atoms with van der Waals surface area (Å²) in [6.45, 7) is 1.31. The van der Waals surface area contributed by atoms with Crippen molar-refractivity contribution >= 4 is 39.1 Å². The van der Waals surface area contributed by atoms with Gasteiger partial charge in [0.05, 0.1) is 21.6 Å². The van der Waals surface area contributed by atoms with Crippen molar-refractivity contribution < 1.29 is 9.72 Å². The number of hydrogen-bond acceptors (Lipinski definition) is 5. The summed E-state index contributed by atoms with van der Waals surface area (Å²) in [5.41, 5.74) is 0.832. The van der Waals surface area contributed by atoms with E-state index in [0.717, 1.165) is 10.8 Å². The summed E-state index contributed by atoms with van der Waals surface area (Å²) in [6, 6.07) is 15.2. The first kappa shape index (κ1) is 17.3. The van der Waals surface area contributed by atoms with Crippen LogP contribution in [0.25, 0.3) is 33.1 Å². The molecule has 8 nitrogen and oxygen atoms in total. The van der Waals surface area contributed by atoms with Crippen molar-refractivity contribution in [2.45, 2.75) is 6.92 Å². The van der Waals surface area contributed by atoms with Crippen LogP contribution in [0.2, 0.25) is 0 Å². The van der Waals surface area contributed by atoms with E-state index < -0.39 is 10.5 Å². The number of nitrogens with one attached hydrogen (secondary N) is 2.